The summed E-state index contributed by atoms with van der Waals surface area (Å²) < 4.78 is 39.2. The molecule has 0 saturated heterocycles. The summed E-state index contributed by atoms with van der Waals surface area (Å²) in [6, 6.07) is 3.85. The minimum absolute atomic E-state index is 0.00974. The molecule has 0 aliphatic carbocycles. The Balaban J connectivity index is 2.20. The highest BCUT2D eigenvalue weighted by molar-refractivity contribution is 6.33. The van der Waals surface area contributed by atoms with Crippen molar-refractivity contribution in [3.8, 4) is 11.3 Å². The minimum atomic E-state index is -2.80. The van der Waals surface area contributed by atoms with Gasteiger partial charge in [-0.1, -0.05) is 11.6 Å². The second kappa shape index (κ2) is 5.00. The molecule has 0 radical (unpaired) electrons. The predicted molar refractivity (Wildman–Crippen MR) is 71.7 cm³/mol. The smallest absolute Gasteiger partial charge is 0.241 e. The van der Waals surface area contributed by atoms with E-state index in [1.807, 2.05) is 0 Å². The zero-order valence-electron chi connectivity index (χ0n) is 10.7. The molecule has 0 fully saturated rings. The Labute approximate surface area is 122 Å². The van der Waals surface area contributed by atoms with Gasteiger partial charge < -0.3 is 0 Å². The molecule has 8 heteroatoms. The van der Waals surface area contributed by atoms with Crippen LogP contribution in [0, 0.1) is 12.7 Å². The Bertz CT molecular complexity index is 832. The normalized spacial score (nSPS) is 11.5. The van der Waals surface area contributed by atoms with Gasteiger partial charge in [0, 0.05) is 5.56 Å². The van der Waals surface area contributed by atoms with Crippen LogP contribution in [0.3, 0.4) is 0 Å². The summed E-state index contributed by atoms with van der Waals surface area (Å²) in [5, 5.41) is 3.88. The van der Waals surface area contributed by atoms with Crippen LogP contribution < -0.4 is 0 Å². The molecule has 3 aromatic rings. The molecule has 21 heavy (non-hydrogen) atoms. The summed E-state index contributed by atoms with van der Waals surface area (Å²) >= 11 is 5.96. The second-order valence-electron chi connectivity index (χ2n) is 4.36. The van der Waals surface area contributed by atoms with Crippen LogP contribution in [-0.2, 0) is 0 Å². The monoisotopic (exact) mass is 312 g/mol. The molecule has 2 heterocycles. The lowest BCUT2D eigenvalue weighted by molar-refractivity contribution is 0.0605. The molecule has 4 nitrogen and oxygen atoms in total. The van der Waals surface area contributed by atoms with Crippen molar-refractivity contribution in [2.75, 3.05) is 0 Å². The van der Waals surface area contributed by atoms with Gasteiger partial charge in [-0.2, -0.15) is 18.6 Å². The Morgan fingerprint density at radius 2 is 2.05 bits per heavy atom. The first kappa shape index (κ1) is 13.8. The lowest BCUT2D eigenvalue weighted by Gasteiger charge is -2.04. The van der Waals surface area contributed by atoms with Crippen molar-refractivity contribution >= 4 is 22.8 Å². The predicted octanol–water partition coefficient (Wildman–Crippen LogP) is 3.99. The number of rotatable bonds is 2. The molecule has 0 N–H and O–H groups in total. The number of fused-ring (bicyclic) bond motifs is 1. The van der Waals surface area contributed by atoms with Gasteiger partial charge in [-0.15, -0.1) is 0 Å². The molecule has 0 saturated carbocycles. The fraction of sp³-hybridized carbons (Fsp3) is 0.154. The SMILES string of the molecule is Cc1nn(C(F)F)c2ncc(-c3ccc(F)cc3Cl)nc12. The van der Waals surface area contributed by atoms with Crippen molar-refractivity contribution in [3.05, 3.63) is 40.9 Å². The standard InChI is InChI=1S/C13H8ClF3N4/c1-6-11-12(21(20-6)13(16)17)18-5-10(19-11)8-3-2-7(15)4-9(8)14/h2-5,13H,1H3. The van der Waals surface area contributed by atoms with E-state index in [2.05, 4.69) is 15.1 Å². The van der Waals surface area contributed by atoms with Gasteiger partial charge in [0.25, 0.3) is 0 Å². The van der Waals surface area contributed by atoms with Crippen molar-refractivity contribution in [2.24, 2.45) is 0 Å². The molecule has 0 aliphatic heterocycles. The van der Waals surface area contributed by atoms with Crippen LogP contribution in [-0.4, -0.2) is 19.7 Å². The maximum atomic E-state index is 13.1. The van der Waals surface area contributed by atoms with Gasteiger partial charge in [-0.05, 0) is 25.1 Å². The van der Waals surface area contributed by atoms with Crippen molar-refractivity contribution < 1.29 is 13.2 Å². The largest absolute Gasteiger partial charge is 0.335 e. The van der Waals surface area contributed by atoms with E-state index in [1.165, 1.54) is 18.3 Å². The van der Waals surface area contributed by atoms with Crippen molar-refractivity contribution in [1.82, 2.24) is 19.7 Å². The molecule has 0 spiro atoms. The van der Waals surface area contributed by atoms with Gasteiger partial charge in [-0.3, -0.25) is 0 Å². The first-order valence-electron chi connectivity index (χ1n) is 5.93. The van der Waals surface area contributed by atoms with Gasteiger partial charge in [-0.25, -0.2) is 14.4 Å². The average Bonchev–Trinajstić information content (AvgIpc) is 2.76. The Kier molecular flexibility index (Phi) is 3.29. The second-order valence-corrected chi connectivity index (χ2v) is 4.77. The van der Waals surface area contributed by atoms with Gasteiger partial charge in [0.15, 0.2) is 5.65 Å². The molecular weight excluding hydrogens is 305 g/mol. The fourth-order valence-corrected chi connectivity index (χ4v) is 2.28. The third kappa shape index (κ3) is 2.33. The third-order valence-electron chi connectivity index (χ3n) is 2.96. The number of nitrogens with zero attached hydrogens (tertiary/aromatic N) is 4. The Hall–Kier alpha value is -2.15. The van der Waals surface area contributed by atoms with Crippen LogP contribution in [0.15, 0.2) is 24.4 Å². The number of hydrogen-bond donors (Lipinski definition) is 0. The summed E-state index contributed by atoms with van der Waals surface area (Å²) in [6.07, 6.45) is 1.31. The Morgan fingerprint density at radius 3 is 2.71 bits per heavy atom. The summed E-state index contributed by atoms with van der Waals surface area (Å²) in [6.45, 7) is -1.23. The van der Waals surface area contributed by atoms with E-state index in [0.717, 1.165) is 6.07 Å². The number of halogens is 4. The first-order chi connectivity index (χ1) is 9.97. The molecule has 0 unspecified atom stereocenters. The van der Waals surface area contributed by atoms with E-state index in [4.69, 9.17) is 11.6 Å². The zero-order valence-corrected chi connectivity index (χ0v) is 11.4. The molecule has 0 bridgehead atoms. The molecule has 1 aromatic carbocycles. The summed E-state index contributed by atoms with van der Waals surface area (Å²) in [4.78, 5) is 8.22. The maximum Gasteiger partial charge on any atom is 0.335 e. The van der Waals surface area contributed by atoms with E-state index in [0.29, 0.717) is 21.6 Å². The van der Waals surface area contributed by atoms with Crippen LogP contribution in [0.1, 0.15) is 12.2 Å². The number of alkyl halides is 2. The van der Waals surface area contributed by atoms with E-state index in [9.17, 15) is 13.2 Å². The van der Waals surface area contributed by atoms with E-state index in [-0.39, 0.29) is 16.2 Å². The van der Waals surface area contributed by atoms with Gasteiger partial charge in [0.2, 0.25) is 0 Å². The summed E-state index contributed by atoms with van der Waals surface area (Å²) in [7, 11) is 0. The molecule has 0 amide bonds. The molecule has 2 aromatic heterocycles. The molecule has 0 aliphatic rings. The van der Waals surface area contributed by atoms with Crippen molar-refractivity contribution in [3.63, 3.8) is 0 Å². The number of aryl methyl sites for hydroxylation is 1. The fourth-order valence-electron chi connectivity index (χ4n) is 2.01. The summed E-state index contributed by atoms with van der Waals surface area (Å²) in [5.41, 5.74) is 1.41. The van der Waals surface area contributed by atoms with Crippen LogP contribution in [0.25, 0.3) is 22.4 Å². The molecule has 108 valence electrons. The lowest BCUT2D eigenvalue weighted by Crippen LogP contribution is -2.01. The molecular formula is C13H8ClF3N4. The maximum absolute atomic E-state index is 13.1. The Morgan fingerprint density at radius 1 is 1.29 bits per heavy atom. The van der Waals surface area contributed by atoms with Crippen LogP contribution in [0.2, 0.25) is 5.02 Å². The number of hydrogen-bond acceptors (Lipinski definition) is 3. The zero-order chi connectivity index (χ0) is 15.1. The quantitative estimate of drug-likeness (QED) is 0.718. The van der Waals surface area contributed by atoms with Gasteiger partial charge in [0.1, 0.15) is 11.3 Å². The van der Waals surface area contributed by atoms with E-state index in [1.54, 1.807) is 6.92 Å². The third-order valence-corrected chi connectivity index (χ3v) is 3.28. The van der Waals surface area contributed by atoms with E-state index < -0.39 is 12.4 Å². The topological polar surface area (TPSA) is 43.6 Å². The van der Waals surface area contributed by atoms with Crippen LogP contribution in [0.5, 0.6) is 0 Å². The number of benzene rings is 1. The van der Waals surface area contributed by atoms with E-state index >= 15 is 0 Å². The van der Waals surface area contributed by atoms with Crippen LogP contribution in [0.4, 0.5) is 13.2 Å². The molecule has 3 rings (SSSR count). The van der Waals surface area contributed by atoms with Gasteiger partial charge >= 0.3 is 6.55 Å². The van der Waals surface area contributed by atoms with Crippen LogP contribution >= 0.6 is 11.6 Å². The number of aromatic nitrogens is 4. The van der Waals surface area contributed by atoms with Crippen molar-refractivity contribution in [1.29, 1.82) is 0 Å². The highest BCUT2D eigenvalue weighted by Gasteiger charge is 2.18. The summed E-state index contributed by atoms with van der Waals surface area (Å²) in [5.74, 6) is -0.473. The average molecular weight is 313 g/mol. The highest BCUT2D eigenvalue weighted by Crippen LogP contribution is 2.29. The van der Waals surface area contributed by atoms with Crippen molar-refractivity contribution in [2.45, 2.75) is 13.5 Å². The van der Waals surface area contributed by atoms with Gasteiger partial charge in [0.05, 0.1) is 22.6 Å². The first-order valence-corrected chi connectivity index (χ1v) is 6.30. The lowest BCUT2D eigenvalue weighted by atomic mass is 10.1. The molecule has 0 atom stereocenters. The highest BCUT2D eigenvalue weighted by atomic mass is 35.5. The minimum Gasteiger partial charge on any atom is -0.241 e.